The molecule has 2 rings (SSSR count). The summed E-state index contributed by atoms with van der Waals surface area (Å²) < 4.78 is 5.35. The first kappa shape index (κ1) is 6.46. The Hall–Kier alpha value is -1.25. The molecule has 3 nitrogen and oxygen atoms in total. The van der Waals surface area contributed by atoms with Crippen molar-refractivity contribution in [3.05, 3.63) is 28.6 Å². The number of hydrogen-bond donors (Lipinski definition) is 1. The molecule has 1 heterocycles. The quantitative estimate of drug-likeness (QED) is 0.682. The molecule has 0 bridgehead atoms. The van der Waals surface area contributed by atoms with Crippen molar-refractivity contribution in [2.45, 2.75) is 18.9 Å². The first-order valence-corrected chi connectivity index (χ1v) is 3.70. The second-order valence-electron chi connectivity index (χ2n) is 2.71. The van der Waals surface area contributed by atoms with E-state index in [-0.39, 0.29) is 5.43 Å². The van der Waals surface area contributed by atoms with E-state index in [2.05, 4.69) is 4.98 Å². The second kappa shape index (κ2) is 2.42. The highest BCUT2D eigenvalue weighted by Gasteiger charge is 2.23. The lowest BCUT2D eigenvalue weighted by molar-refractivity contribution is 0.291. The Bertz CT molecular complexity index is 301. The third kappa shape index (κ3) is 1.61. The number of H-pyrrole nitrogens is 1. The van der Waals surface area contributed by atoms with E-state index in [1.54, 1.807) is 6.20 Å². The fraction of sp³-hybridized carbons (Fsp3) is 0.375. The summed E-state index contributed by atoms with van der Waals surface area (Å²) in [5, 5.41) is 0. The van der Waals surface area contributed by atoms with Crippen LogP contribution in [-0.2, 0) is 0 Å². The van der Waals surface area contributed by atoms with E-state index in [4.69, 9.17) is 4.74 Å². The number of aromatic nitrogens is 1. The van der Waals surface area contributed by atoms with Gasteiger partial charge in [-0.2, -0.15) is 0 Å². The summed E-state index contributed by atoms with van der Waals surface area (Å²) >= 11 is 0. The first-order chi connectivity index (χ1) is 5.34. The average molecular weight is 151 g/mol. The van der Waals surface area contributed by atoms with Crippen LogP contribution in [0.1, 0.15) is 12.8 Å². The molecule has 3 heteroatoms. The van der Waals surface area contributed by atoms with Gasteiger partial charge in [0.2, 0.25) is 0 Å². The molecular weight excluding hydrogens is 142 g/mol. The molecule has 1 aliphatic carbocycles. The standard InChI is InChI=1S/C8H9NO2/c10-6-3-4-9-8(5-6)11-7-1-2-7/h3-5,7H,1-2H2,(H,9,10). The van der Waals surface area contributed by atoms with Gasteiger partial charge in [0, 0.05) is 18.3 Å². The van der Waals surface area contributed by atoms with E-state index in [1.807, 2.05) is 0 Å². The van der Waals surface area contributed by atoms with Crippen LogP contribution in [0.5, 0.6) is 5.88 Å². The molecule has 58 valence electrons. The minimum Gasteiger partial charge on any atom is -0.476 e. The van der Waals surface area contributed by atoms with Crippen molar-refractivity contribution in [2.24, 2.45) is 0 Å². The second-order valence-corrected chi connectivity index (χ2v) is 2.71. The lowest BCUT2D eigenvalue weighted by Crippen LogP contribution is -2.03. The van der Waals surface area contributed by atoms with Gasteiger partial charge in [-0.25, -0.2) is 0 Å². The Morgan fingerprint density at radius 2 is 2.36 bits per heavy atom. The maximum atomic E-state index is 10.8. The van der Waals surface area contributed by atoms with Gasteiger partial charge in [0.1, 0.15) is 6.10 Å². The van der Waals surface area contributed by atoms with Crippen LogP contribution >= 0.6 is 0 Å². The zero-order chi connectivity index (χ0) is 7.68. The van der Waals surface area contributed by atoms with Gasteiger partial charge in [-0.05, 0) is 12.8 Å². The van der Waals surface area contributed by atoms with E-state index in [0.29, 0.717) is 12.0 Å². The maximum absolute atomic E-state index is 10.8. The molecule has 1 saturated carbocycles. The molecule has 0 atom stereocenters. The molecule has 0 unspecified atom stereocenters. The molecule has 1 N–H and O–H groups in total. The number of rotatable bonds is 2. The first-order valence-electron chi connectivity index (χ1n) is 3.70. The highest BCUT2D eigenvalue weighted by Crippen LogP contribution is 2.24. The summed E-state index contributed by atoms with van der Waals surface area (Å²) in [5.74, 6) is 0.583. The van der Waals surface area contributed by atoms with Crippen molar-refractivity contribution in [2.75, 3.05) is 0 Å². The van der Waals surface area contributed by atoms with E-state index < -0.39 is 0 Å². The van der Waals surface area contributed by atoms with Crippen molar-refractivity contribution in [3.8, 4) is 5.88 Å². The van der Waals surface area contributed by atoms with Gasteiger partial charge in [-0.3, -0.25) is 4.79 Å². The molecule has 1 aromatic heterocycles. The Labute approximate surface area is 64.0 Å². The molecule has 0 spiro atoms. The molecular formula is C8H9NO2. The predicted octanol–water partition coefficient (Wildman–Crippen LogP) is 0.916. The third-order valence-electron chi connectivity index (χ3n) is 1.56. The SMILES string of the molecule is O=c1cc[nH]c(OC2CC2)c1. The molecule has 0 saturated heterocycles. The fourth-order valence-electron chi connectivity index (χ4n) is 0.858. The Balaban J connectivity index is 2.16. The van der Waals surface area contributed by atoms with Crippen LogP contribution in [0.4, 0.5) is 0 Å². The third-order valence-corrected chi connectivity index (χ3v) is 1.56. The minimum absolute atomic E-state index is 0.0144. The monoisotopic (exact) mass is 151 g/mol. The fourth-order valence-corrected chi connectivity index (χ4v) is 0.858. The van der Waals surface area contributed by atoms with Gasteiger partial charge in [0.15, 0.2) is 11.3 Å². The zero-order valence-corrected chi connectivity index (χ0v) is 6.04. The van der Waals surface area contributed by atoms with Crippen molar-refractivity contribution in [1.82, 2.24) is 4.98 Å². The number of ether oxygens (including phenoxy) is 1. The summed E-state index contributed by atoms with van der Waals surface area (Å²) in [6.07, 6.45) is 4.15. The number of pyridine rings is 1. The molecule has 0 aliphatic heterocycles. The van der Waals surface area contributed by atoms with Crippen molar-refractivity contribution < 1.29 is 4.74 Å². The summed E-state index contributed by atoms with van der Waals surface area (Å²) in [6, 6.07) is 2.94. The lowest BCUT2D eigenvalue weighted by Gasteiger charge is -2.01. The molecule has 1 aliphatic rings. The van der Waals surface area contributed by atoms with Gasteiger partial charge in [0.25, 0.3) is 0 Å². The number of nitrogens with one attached hydrogen (secondary N) is 1. The van der Waals surface area contributed by atoms with Crippen molar-refractivity contribution in [1.29, 1.82) is 0 Å². The summed E-state index contributed by atoms with van der Waals surface area (Å²) in [4.78, 5) is 13.7. The highest BCUT2D eigenvalue weighted by molar-refractivity contribution is 5.10. The molecule has 0 amide bonds. The van der Waals surface area contributed by atoms with E-state index >= 15 is 0 Å². The van der Waals surface area contributed by atoms with Gasteiger partial charge in [-0.15, -0.1) is 0 Å². The minimum atomic E-state index is -0.0144. The molecule has 11 heavy (non-hydrogen) atoms. The summed E-state index contributed by atoms with van der Waals surface area (Å²) in [7, 11) is 0. The predicted molar refractivity (Wildman–Crippen MR) is 40.7 cm³/mol. The molecule has 1 fully saturated rings. The normalized spacial score (nSPS) is 16.4. The van der Waals surface area contributed by atoms with Crippen LogP contribution in [-0.4, -0.2) is 11.1 Å². The van der Waals surface area contributed by atoms with Crippen LogP contribution < -0.4 is 10.2 Å². The lowest BCUT2D eigenvalue weighted by atomic mass is 10.5. The van der Waals surface area contributed by atoms with Crippen LogP contribution in [0.3, 0.4) is 0 Å². The number of aromatic amines is 1. The van der Waals surface area contributed by atoms with Crippen LogP contribution in [0.15, 0.2) is 23.1 Å². The topological polar surface area (TPSA) is 42.1 Å². The summed E-state index contributed by atoms with van der Waals surface area (Å²) in [5.41, 5.74) is -0.0144. The van der Waals surface area contributed by atoms with Crippen LogP contribution in [0, 0.1) is 0 Å². The number of hydrogen-bond acceptors (Lipinski definition) is 2. The Morgan fingerprint density at radius 1 is 1.55 bits per heavy atom. The van der Waals surface area contributed by atoms with Gasteiger partial charge < -0.3 is 9.72 Å². The van der Waals surface area contributed by atoms with Gasteiger partial charge in [-0.1, -0.05) is 0 Å². The van der Waals surface area contributed by atoms with Crippen LogP contribution in [0.25, 0.3) is 0 Å². The molecule has 1 aromatic rings. The zero-order valence-electron chi connectivity index (χ0n) is 6.04. The smallest absolute Gasteiger partial charge is 0.194 e. The average Bonchev–Trinajstić information content (AvgIpc) is 2.71. The molecule has 0 aromatic carbocycles. The Morgan fingerprint density at radius 3 is 3.00 bits per heavy atom. The Kier molecular flexibility index (Phi) is 1.42. The van der Waals surface area contributed by atoms with E-state index in [0.717, 1.165) is 12.8 Å². The van der Waals surface area contributed by atoms with E-state index in [1.165, 1.54) is 12.1 Å². The summed E-state index contributed by atoms with van der Waals surface area (Å²) in [6.45, 7) is 0. The van der Waals surface area contributed by atoms with Crippen molar-refractivity contribution in [3.63, 3.8) is 0 Å². The van der Waals surface area contributed by atoms with Crippen molar-refractivity contribution >= 4 is 0 Å². The largest absolute Gasteiger partial charge is 0.476 e. The van der Waals surface area contributed by atoms with E-state index in [9.17, 15) is 4.79 Å². The van der Waals surface area contributed by atoms with Crippen LogP contribution in [0.2, 0.25) is 0 Å². The maximum Gasteiger partial charge on any atom is 0.194 e. The van der Waals surface area contributed by atoms with Gasteiger partial charge in [0.05, 0.1) is 0 Å². The van der Waals surface area contributed by atoms with Gasteiger partial charge >= 0.3 is 0 Å². The molecule has 0 radical (unpaired) electrons. The highest BCUT2D eigenvalue weighted by atomic mass is 16.5.